The number of amides is 2. The first kappa shape index (κ1) is 24.6. The van der Waals surface area contributed by atoms with Gasteiger partial charge in [-0.3, -0.25) is 4.57 Å². The number of aromatic nitrogens is 3. The summed E-state index contributed by atoms with van der Waals surface area (Å²) in [6.45, 7) is 2.23. The third-order valence-electron chi connectivity index (χ3n) is 4.98. The first-order valence-corrected chi connectivity index (χ1v) is 12.8. The lowest BCUT2D eigenvalue weighted by atomic mass is 10.1. The highest BCUT2D eigenvalue weighted by Gasteiger charge is 2.18. The molecule has 3 aromatic carbocycles. The molecule has 4 aromatic rings. The number of hydrogen-bond donors (Lipinski definition) is 2. The molecule has 174 valence electrons. The highest BCUT2D eigenvalue weighted by Crippen LogP contribution is 2.31. The van der Waals surface area contributed by atoms with Crippen molar-refractivity contribution in [2.24, 2.45) is 0 Å². The molecule has 1 heterocycles. The van der Waals surface area contributed by atoms with Crippen molar-refractivity contribution in [1.82, 2.24) is 20.1 Å². The molecule has 1 aromatic heterocycles. The Morgan fingerprint density at radius 3 is 2.56 bits per heavy atom. The van der Waals surface area contributed by atoms with Crippen molar-refractivity contribution in [2.75, 3.05) is 5.32 Å². The maximum Gasteiger partial charge on any atom is 0.319 e. The van der Waals surface area contributed by atoms with E-state index in [0.717, 1.165) is 4.47 Å². The minimum absolute atomic E-state index is 0.152. The van der Waals surface area contributed by atoms with Gasteiger partial charge in [0, 0.05) is 20.9 Å². The number of halogens is 3. The predicted molar refractivity (Wildman–Crippen MR) is 142 cm³/mol. The molecule has 34 heavy (non-hydrogen) atoms. The standard InChI is InChI=1S/C24H20BrCl2N5OS/c1-15-4-2-3-5-16(15)14-34-24-31-30-22(32(24)21-11-8-18(26)12-20(21)27)13-28-23(33)29-19-9-6-17(25)7-10-19/h2-12H,13-14H2,1H3,(H2,28,29,33). The van der Waals surface area contributed by atoms with Crippen LogP contribution in [-0.4, -0.2) is 20.8 Å². The monoisotopic (exact) mass is 575 g/mol. The summed E-state index contributed by atoms with van der Waals surface area (Å²) in [5, 5.41) is 16.0. The molecule has 0 saturated carbocycles. The average Bonchev–Trinajstić information content (AvgIpc) is 3.21. The summed E-state index contributed by atoms with van der Waals surface area (Å²) in [5.74, 6) is 1.26. The zero-order valence-electron chi connectivity index (χ0n) is 18.1. The Morgan fingerprint density at radius 1 is 1.06 bits per heavy atom. The summed E-state index contributed by atoms with van der Waals surface area (Å²) >= 11 is 17.5. The van der Waals surface area contributed by atoms with Crippen LogP contribution < -0.4 is 10.6 Å². The van der Waals surface area contributed by atoms with Crippen LogP contribution in [0.3, 0.4) is 0 Å². The van der Waals surface area contributed by atoms with E-state index in [1.165, 1.54) is 11.1 Å². The van der Waals surface area contributed by atoms with Gasteiger partial charge in [-0.1, -0.05) is 75.2 Å². The summed E-state index contributed by atoms with van der Waals surface area (Å²) in [5.41, 5.74) is 3.78. The SMILES string of the molecule is Cc1ccccc1CSc1nnc(CNC(=O)Nc2ccc(Br)cc2)n1-c1ccc(Cl)cc1Cl. The summed E-state index contributed by atoms with van der Waals surface area (Å²) < 4.78 is 2.78. The average molecular weight is 577 g/mol. The molecule has 0 unspecified atom stereocenters. The number of rotatable bonds is 7. The lowest BCUT2D eigenvalue weighted by Gasteiger charge is -2.13. The second kappa shape index (κ2) is 11.3. The van der Waals surface area contributed by atoms with Crippen molar-refractivity contribution in [3.05, 3.63) is 98.2 Å². The maximum absolute atomic E-state index is 12.4. The maximum atomic E-state index is 12.4. The molecule has 0 aliphatic heterocycles. The Balaban J connectivity index is 1.55. The quantitative estimate of drug-likeness (QED) is 0.227. The number of nitrogens with zero attached hydrogens (tertiary/aromatic N) is 3. The Hall–Kier alpha value is -2.52. The molecule has 10 heteroatoms. The van der Waals surface area contributed by atoms with Crippen molar-refractivity contribution in [2.45, 2.75) is 24.4 Å². The van der Waals surface area contributed by atoms with E-state index in [0.29, 0.717) is 38.2 Å². The molecule has 2 amide bonds. The molecule has 0 fully saturated rings. The number of carbonyl (C=O) groups excluding carboxylic acids is 1. The van der Waals surface area contributed by atoms with Crippen LogP contribution in [0, 0.1) is 6.92 Å². The summed E-state index contributed by atoms with van der Waals surface area (Å²) in [6, 6.07) is 20.4. The van der Waals surface area contributed by atoms with Crippen molar-refractivity contribution in [3.63, 3.8) is 0 Å². The summed E-state index contributed by atoms with van der Waals surface area (Å²) in [7, 11) is 0. The van der Waals surface area contributed by atoms with Crippen LogP contribution in [0.4, 0.5) is 10.5 Å². The van der Waals surface area contributed by atoms with E-state index in [4.69, 9.17) is 23.2 Å². The minimum atomic E-state index is -0.354. The highest BCUT2D eigenvalue weighted by atomic mass is 79.9. The van der Waals surface area contributed by atoms with E-state index < -0.39 is 0 Å². The number of anilines is 1. The molecule has 0 aliphatic carbocycles. The fraction of sp³-hybridized carbons (Fsp3) is 0.125. The summed E-state index contributed by atoms with van der Waals surface area (Å²) in [4.78, 5) is 12.4. The van der Waals surface area contributed by atoms with Gasteiger partial charge in [-0.15, -0.1) is 10.2 Å². The number of benzene rings is 3. The molecule has 0 saturated heterocycles. The lowest BCUT2D eigenvalue weighted by Crippen LogP contribution is -2.29. The Labute approximate surface area is 220 Å². The van der Waals surface area contributed by atoms with Gasteiger partial charge in [-0.05, 0) is 60.5 Å². The fourth-order valence-electron chi connectivity index (χ4n) is 3.20. The van der Waals surface area contributed by atoms with Crippen molar-refractivity contribution in [3.8, 4) is 5.69 Å². The highest BCUT2D eigenvalue weighted by molar-refractivity contribution is 9.10. The van der Waals surface area contributed by atoms with E-state index in [1.54, 1.807) is 36.0 Å². The van der Waals surface area contributed by atoms with E-state index >= 15 is 0 Å². The van der Waals surface area contributed by atoms with Gasteiger partial charge in [-0.2, -0.15) is 0 Å². The third kappa shape index (κ3) is 6.13. The molecule has 0 atom stereocenters. The van der Waals surface area contributed by atoms with E-state index in [-0.39, 0.29) is 12.6 Å². The molecule has 0 spiro atoms. The van der Waals surface area contributed by atoms with Gasteiger partial charge in [0.2, 0.25) is 0 Å². The van der Waals surface area contributed by atoms with Crippen LogP contribution in [-0.2, 0) is 12.3 Å². The molecular formula is C24H20BrCl2N5OS. The summed E-state index contributed by atoms with van der Waals surface area (Å²) in [6.07, 6.45) is 0. The molecule has 0 bridgehead atoms. The third-order valence-corrected chi connectivity index (χ3v) is 7.02. The number of hydrogen-bond acceptors (Lipinski definition) is 4. The second-order valence-corrected chi connectivity index (χ2v) is 10.1. The van der Waals surface area contributed by atoms with Gasteiger partial charge in [0.1, 0.15) is 0 Å². The first-order valence-electron chi connectivity index (χ1n) is 10.3. The van der Waals surface area contributed by atoms with E-state index in [1.807, 2.05) is 34.9 Å². The van der Waals surface area contributed by atoms with Crippen LogP contribution in [0.15, 0.2) is 76.4 Å². The molecule has 0 radical (unpaired) electrons. The van der Waals surface area contributed by atoms with Crippen LogP contribution in [0.2, 0.25) is 10.0 Å². The van der Waals surface area contributed by atoms with Crippen LogP contribution in [0.1, 0.15) is 17.0 Å². The Morgan fingerprint density at radius 2 is 1.82 bits per heavy atom. The zero-order chi connectivity index (χ0) is 24.1. The van der Waals surface area contributed by atoms with Crippen molar-refractivity contribution < 1.29 is 4.79 Å². The van der Waals surface area contributed by atoms with Crippen molar-refractivity contribution in [1.29, 1.82) is 0 Å². The Bertz CT molecular complexity index is 1310. The van der Waals surface area contributed by atoms with E-state index in [9.17, 15) is 4.79 Å². The molecule has 0 aliphatic rings. The van der Waals surface area contributed by atoms with Gasteiger partial charge in [0.15, 0.2) is 11.0 Å². The number of aryl methyl sites for hydroxylation is 1. The molecular weight excluding hydrogens is 557 g/mol. The largest absolute Gasteiger partial charge is 0.331 e. The zero-order valence-corrected chi connectivity index (χ0v) is 22.0. The number of carbonyl (C=O) groups is 1. The lowest BCUT2D eigenvalue weighted by molar-refractivity contribution is 0.251. The Kier molecular flexibility index (Phi) is 8.15. The predicted octanol–water partition coefficient (Wildman–Crippen LogP) is 7.26. The van der Waals surface area contributed by atoms with Gasteiger partial charge in [-0.25, -0.2) is 4.79 Å². The number of urea groups is 1. The molecule has 2 N–H and O–H groups in total. The van der Waals surface area contributed by atoms with Gasteiger partial charge in [0.25, 0.3) is 0 Å². The number of thioether (sulfide) groups is 1. The smallest absolute Gasteiger partial charge is 0.319 e. The minimum Gasteiger partial charge on any atom is -0.331 e. The van der Waals surface area contributed by atoms with Crippen LogP contribution >= 0.6 is 50.9 Å². The first-order chi connectivity index (χ1) is 16.4. The normalized spacial score (nSPS) is 10.8. The second-order valence-electron chi connectivity index (χ2n) is 7.36. The number of nitrogens with one attached hydrogen (secondary N) is 2. The van der Waals surface area contributed by atoms with Gasteiger partial charge >= 0.3 is 6.03 Å². The fourth-order valence-corrected chi connectivity index (χ4v) is 4.99. The van der Waals surface area contributed by atoms with Gasteiger partial charge < -0.3 is 10.6 Å². The van der Waals surface area contributed by atoms with Crippen LogP contribution in [0.5, 0.6) is 0 Å². The van der Waals surface area contributed by atoms with Crippen molar-refractivity contribution >= 4 is 62.6 Å². The van der Waals surface area contributed by atoms with E-state index in [2.05, 4.69) is 55.8 Å². The molecule has 6 nitrogen and oxygen atoms in total. The van der Waals surface area contributed by atoms with Gasteiger partial charge in [0.05, 0.1) is 17.3 Å². The molecule has 4 rings (SSSR count). The topological polar surface area (TPSA) is 71.8 Å². The van der Waals surface area contributed by atoms with Crippen LogP contribution in [0.25, 0.3) is 5.69 Å².